The number of benzene rings is 2. The molecule has 72 valence electrons. The van der Waals surface area contributed by atoms with Crippen molar-refractivity contribution in [2.45, 2.75) is 6.92 Å². The van der Waals surface area contributed by atoms with Gasteiger partial charge < -0.3 is 17.0 Å². The molecule has 2 rings (SSSR count). The van der Waals surface area contributed by atoms with E-state index in [4.69, 9.17) is 0 Å². The zero-order chi connectivity index (χ0) is 9.97. The molecule has 0 unspecified atom stereocenters. The van der Waals surface area contributed by atoms with Gasteiger partial charge in [-0.3, -0.25) is 0 Å². The Morgan fingerprint density at radius 2 is 1.33 bits per heavy atom. The number of hydrogen-bond donors (Lipinski definition) is 0. The molecule has 0 spiro atoms. The first-order chi connectivity index (χ1) is 6.79. The van der Waals surface area contributed by atoms with Gasteiger partial charge in [-0.05, 0) is 0 Å². The van der Waals surface area contributed by atoms with Crippen LogP contribution in [0, 0.1) is 6.92 Å². The second kappa shape index (κ2) is 5.68. The molecule has 0 aliphatic heterocycles. The Hall–Kier alpha value is -0.314. The third-order valence-electron chi connectivity index (χ3n) is 2.45. The van der Waals surface area contributed by atoms with Gasteiger partial charge >= 0.3 is 97.5 Å². The summed E-state index contributed by atoms with van der Waals surface area (Å²) in [6.07, 6.45) is 0. The summed E-state index contributed by atoms with van der Waals surface area (Å²) >= 11 is 1.95. The zero-order valence-electron chi connectivity index (χ0n) is 8.70. The summed E-state index contributed by atoms with van der Waals surface area (Å²) in [5, 5.41) is 0. The molecule has 15 heavy (non-hydrogen) atoms. The van der Waals surface area contributed by atoms with Crippen LogP contribution in [0.1, 0.15) is 5.56 Å². The van der Waals surface area contributed by atoms with E-state index < -0.39 is 0 Å². The fourth-order valence-electron chi connectivity index (χ4n) is 1.66. The average Bonchev–Trinajstić information content (AvgIpc) is 2.20. The molecule has 0 atom stereocenters. The minimum absolute atomic E-state index is 0. The fraction of sp³-hybridized carbons (Fsp3) is 0.0769. The summed E-state index contributed by atoms with van der Waals surface area (Å²) < 4.78 is 1.36. The Bertz CT molecular complexity index is 408. The molecule has 0 amide bonds. The van der Waals surface area contributed by atoms with E-state index in [2.05, 4.69) is 55.5 Å². The molecule has 0 saturated heterocycles. The van der Waals surface area contributed by atoms with E-state index in [1.165, 1.54) is 20.4 Å². The molecule has 0 aromatic heterocycles. The van der Waals surface area contributed by atoms with Crippen LogP contribution in [0.2, 0.25) is 0 Å². The fourth-order valence-corrected chi connectivity index (χ4v) is 2.10. The first-order valence-electron chi connectivity index (χ1n) is 4.76. The molecule has 0 bridgehead atoms. The summed E-state index contributed by atoms with van der Waals surface area (Å²) in [6.45, 7) is 2.16. The van der Waals surface area contributed by atoms with Crippen LogP contribution >= 0.6 is 0 Å². The van der Waals surface area contributed by atoms with Crippen molar-refractivity contribution in [3.8, 4) is 11.1 Å². The maximum absolute atomic E-state index is 2.19. The first-order valence-corrected chi connectivity index (χ1v) is 5.47. The molecule has 2 aromatic rings. The Morgan fingerprint density at radius 1 is 0.800 bits per heavy atom. The molecular weight excluding hydrogens is 260 g/mol. The van der Waals surface area contributed by atoms with E-state index in [9.17, 15) is 0 Å². The van der Waals surface area contributed by atoms with Crippen LogP contribution in [0.5, 0.6) is 0 Å². The molecule has 0 nitrogen and oxygen atoms in total. The van der Waals surface area contributed by atoms with E-state index in [0.717, 1.165) is 0 Å². The number of rotatable bonds is 1. The number of hydrogen-bond acceptors (Lipinski definition) is 0. The van der Waals surface area contributed by atoms with E-state index in [-0.39, 0.29) is 17.0 Å². The predicted octanol–water partition coefficient (Wildman–Crippen LogP) is -0.540. The van der Waals surface area contributed by atoms with Gasteiger partial charge in [0, 0.05) is 0 Å². The van der Waals surface area contributed by atoms with Crippen molar-refractivity contribution < 1.29 is 17.0 Å². The molecule has 2 aromatic carbocycles. The first kappa shape index (κ1) is 12.8. The monoisotopic (exact) mass is 270 g/mol. The van der Waals surface area contributed by atoms with Gasteiger partial charge in [0.2, 0.25) is 0 Å². The van der Waals surface area contributed by atoms with Crippen LogP contribution in [-0.2, 0) is 0 Å². The molecular formula is C13H11BrMg. The molecule has 0 heterocycles. The van der Waals surface area contributed by atoms with Crippen molar-refractivity contribution in [1.82, 2.24) is 0 Å². The Morgan fingerprint density at radius 3 is 1.93 bits per heavy atom. The van der Waals surface area contributed by atoms with Crippen LogP contribution in [0.3, 0.4) is 0 Å². The van der Waals surface area contributed by atoms with Gasteiger partial charge in [-0.25, -0.2) is 0 Å². The van der Waals surface area contributed by atoms with E-state index >= 15 is 0 Å². The summed E-state index contributed by atoms with van der Waals surface area (Å²) in [6, 6.07) is 17.1. The molecule has 0 saturated carbocycles. The summed E-state index contributed by atoms with van der Waals surface area (Å²) in [7, 11) is 0. The molecule has 0 fully saturated rings. The van der Waals surface area contributed by atoms with Crippen molar-refractivity contribution in [1.29, 1.82) is 0 Å². The maximum atomic E-state index is 2.19. The van der Waals surface area contributed by atoms with Crippen LogP contribution in [0.15, 0.2) is 48.5 Å². The van der Waals surface area contributed by atoms with E-state index in [0.29, 0.717) is 0 Å². The molecule has 0 aliphatic rings. The zero-order valence-corrected chi connectivity index (χ0v) is 11.7. The number of halogens is 1. The average molecular weight is 271 g/mol. The summed E-state index contributed by atoms with van der Waals surface area (Å²) in [5.41, 5.74) is 4.04. The smallest absolute Gasteiger partial charge is 1.00 e. The van der Waals surface area contributed by atoms with Gasteiger partial charge in [0.25, 0.3) is 0 Å². The van der Waals surface area contributed by atoms with Crippen molar-refractivity contribution in [2.24, 2.45) is 0 Å². The van der Waals surface area contributed by atoms with E-state index in [1.807, 2.05) is 21.7 Å². The summed E-state index contributed by atoms with van der Waals surface area (Å²) in [4.78, 5) is 0. The minimum atomic E-state index is 0. The van der Waals surface area contributed by atoms with Crippen LogP contribution in [0.25, 0.3) is 11.1 Å². The Labute approximate surface area is 114 Å². The van der Waals surface area contributed by atoms with Crippen molar-refractivity contribution in [3.05, 3.63) is 54.1 Å². The minimum Gasteiger partial charge on any atom is -1.00 e. The predicted molar refractivity (Wildman–Crippen MR) is 62.0 cm³/mol. The SMILES string of the molecule is Cc1ccccc1-c1cccc[c]1[Mg+].[Br-]. The molecule has 0 radical (unpaired) electrons. The van der Waals surface area contributed by atoms with Crippen molar-refractivity contribution in [2.75, 3.05) is 0 Å². The van der Waals surface area contributed by atoms with Gasteiger partial charge in [0.15, 0.2) is 0 Å². The Balaban J connectivity index is 0.00000112. The normalized spacial score (nSPS) is 9.53. The number of aryl methyl sites for hydroxylation is 1. The standard InChI is InChI=1S/C13H11.BrH.Mg/c1-11-7-5-6-10-13(11)12-8-3-2-4-9-12;;/h2-8,10H,1H3;1H;/q;;+1/p-1. The third kappa shape index (κ3) is 2.83. The third-order valence-corrected chi connectivity index (χ3v) is 3.07. The second-order valence-corrected chi connectivity index (χ2v) is 4.23. The second-order valence-electron chi connectivity index (χ2n) is 3.47. The van der Waals surface area contributed by atoms with Crippen LogP contribution in [0.4, 0.5) is 0 Å². The molecule has 0 aliphatic carbocycles. The molecule has 0 N–H and O–H groups in total. The van der Waals surface area contributed by atoms with Gasteiger partial charge in [0.05, 0.1) is 0 Å². The summed E-state index contributed by atoms with van der Waals surface area (Å²) in [5.74, 6) is 0. The maximum Gasteiger partial charge on any atom is -1.00 e. The van der Waals surface area contributed by atoms with Crippen molar-refractivity contribution >= 4 is 25.4 Å². The molecule has 2 heteroatoms. The quantitative estimate of drug-likeness (QED) is 0.611. The van der Waals surface area contributed by atoms with E-state index in [1.54, 1.807) is 0 Å². The van der Waals surface area contributed by atoms with Gasteiger partial charge in [-0.2, -0.15) is 0 Å². The van der Waals surface area contributed by atoms with Gasteiger partial charge in [0.1, 0.15) is 0 Å². The van der Waals surface area contributed by atoms with Gasteiger partial charge in [-0.15, -0.1) is 0 Å². The Kier molecular flexibility index (Phi) is 4.83. The van der Waals surface area contributed by atoms with Crippen LogP contribution < -0.4 is 20.7 Å². The van der Waals surface area contributed by atoms with Crippen LogP contribution in [-0.4, -0.2) is 21.7 Å². The van der Waals surface area contributed by atoms with Gasteiger partial charge in [-0.1, -0.05) is 0 Å². The van der Waals surface area contributed by atoms with Crippen molar-refractivity contribution in [3.63, 3.8) is 0 Å². The largest absolute Gasteiger partial charge is 1.00 e. The topological polar surface area (TPSA) is 0 Å².